The molecule has 2 aliphatic heterocycles. The summed E-state index contributed by atoms with van der Waals surface area (Å²) in [6.45, 7) is 3.33. The number of carbonyl (C=O) groups excluding carboxylic acids is 1. The number of nitrogens with one attached hydrogen (secondary N) is 2. The molecule has 0 bridgehead atoms. The third-order valence-corrected chi connectivity index (χ3v) is 5.00. The van der Waals surface area contributed by atoms with Gasteiger partial charge in [-0.1, -0.05) is 0 Å². The first-order valence-electron chi connectivity index (χ1n) is 8.30. The number of hydrogen-bond acceptors (Lipinski definition) is 5. The van der Waals surface area contributed by atoms with E-state index in [4.69, 9.17) is 4.74 Å². The summed E-state index contributed by atoms with van der Waals surface area (Å²) in [6, 6.07) is 1.70. The molecule has 3 heterocycles. The Morgan fingerprint density at radius 3 is 2.70 bits per heavy atom. The summed E-state index contributed by atoms with van der Waals surface area (Å²) >= 11 is 0. The highest BCUT2D eigenvalue weighted by Gasteiger charge is 2.39. The molecule has 0 saturated carbocycles. The van der Waals surface area contributed by atoms with Gasteiger partial charge in [-0.05, 0) is 37.2 Å². The van der Waals surface area contributed by atoms with Crippen molar-refractivity contribution in [1.29, 1.82) is 0 Å². The predicted octanol–water partition coefficient (Wildman–Crippen LogP) is 1.17. The van der Waals surface area contributed by atoms with Gasteiger partial charge in [0.15, 0.2) is 0 Å². The summed E-state index contributed by atoms with van der Waals surface area (Å²) in [5.41, 5.74) is 0.287. The normalized spacial score (nSPS) is 23.5. The van der Waals surface area contributed by atoms with Crippen LogP contribution in [0.15, 0.2) is 18.5 Å². The van der Waals surface area contributed by atoms with Crippen LogP contribution < -0.4 is 15.5 Å². The van der Waals surface area contributed by atoms with Crippen LogP contribution >= 0.6 is 0 Å². The maximum Gasteiger partial charge on any atom is 0.314 e. The standard InChI is InChI=1S/C16H25N5O2/c1-17-15(22)20-11-13-3-4-16(12-23-13)5-9-21(10-6-16)14-18-7-2-8-19-14/h2,7-8,13H,3-6,9-12H2,1H3,(H2,17,20,22)/t13-/m1/s1. The Bertz CT molecular complexity index is 506. The lowest BCUT2D eigenvalue weighted by Gasteiger charge is -2.45. The Balaban J connectivity index is 1.46. The molecule has 0 unspecified atom stereocenters. The number of carbonyl (C=O) groups is 1. The van der Waals surface area contributed by atoms with Gasteiger partial charge in [0.05, 0.1) is 12.7 Å². The lowest BCUT2D eigenvalue weighted by atomic mass is 9.73. The molecule has 2 saturated heterocycles. The van der Waals surface area contributed by atoms with E-state index in [1.54, 1.807) is 19.4 Å². The highest BCUT2D eigenvalue weighted by molar-refractivity contribution is 5.73. The molecule has 23 heavy (non-hydrogen) atoms. The fourth-order valence-electron chi connectivity index (χ4n) is 3.40. The summed E-state index contributed by atoms with van der Waals surface area (Å²) in [5, 5.41) is 5.38. The van der Waals surface area contributed by atoms with E-state index in [1.165, 1.54) is 0 Å². The van der Waals surface area contributed by atoms with Crippen LogP contribution in [0.3, 0.4) is 0 Å². The molecular formula is C16H25N5O2. The molecule has 1 aromatic rings. The SMILES string of the molecule is CNC(=O)NC[C@H]1CCC2(CCN(c3ncccn3)CC2)CO1. The number of urea groups is 1. The number of aromatic nitrogens is 2. The second-order valence-corrected chi connectivity index (χ2v) is 6.47. The van der Waals surface area contributed by atoms with E-state index >= 15 is 0 Å². The minimum Gasteiger partial charge on any atom is -0.376 e. The molecule has 7 nitrogen and oxygen atoms in total. The number of amides is 2. The number of piperidine rings is 1. The van der Waals surface area contributed by atoms with Gasteiger partial charge in [0, 0.05) is 39.1 Å². The van der Waals surface area contributed by atoms with Crippen LogP contribution in [0.25, 0.3) is 0 Å². The smallest absolute Gasteiger partial charge is 0.314 e. The average Bonchev–Trinajstić information content (AvgIpc) is 2.62. The summed E-state index contributed by atoms with van der Waals surface area (Å²) < 4.78 is 6.01. The molecular weight excluding hydrogens is 294 g/mol. The van der Waals surface area contributed by atoms with E-state index in [0.717, 1.165) is 51.3 Å². The monoisotopic (exact) mass is 319 g/mol. The average molecular weight is 319 g/mol. The molecule has 2 aliphatic rings. The van der Waals surface area contributed by atoms with Gasteiger partial charge in [0.2, 0.25) is 5.95 Å². The quantitative estimate of drug-likeness (QED) is 0.874. The van der Waals surface area contributed by atoms with Crippen LogP contribution in [0.2, 0.25) is 0 Å². The van der Waals surface area contributed by atoms with Crippen LogP contribution in [-0.2, 0) is 4.74 Å². The van der Waals surface area contributed by atoms with Crippen LogP contribution in [0, 0.1) is 5.41 Å². The number of nitrogens with zero attached hydrogens (tertiary/aromatic N) is 3. The largest absolute Gasteiger partial charge is 0.376 e. The van der Waals surface area contributed by atoms with Crippen molar-refractivity contribution in [3.05, 3.63) is 18.5 Å². The highest BCUT2D eigenvalue weighted by atomic mass is 16.5. The summed E-state index contributed by atoms with van der Waals surface area (Å²) in [7, 11) is 1.62. The number of hydrogen-bond donors (Lipinski definition) is 2. The molecule has 1 aromatic heterocycles. The minimum atomic E-state index is -0.148. The van der Waals surface area contributed by atoms with Gasteiger partial charge < -0.3 is 20.3 Å². The van der Waals surface area contributed by atoms with Crippen molar-refractivity contribution in [2.75, 3.05) is 38.2 Å². The highest BCUT2D eigenvalue weighted by Crippen LogP contribution is 2.40. The first-order chi connectivity index (χ1) is 11.2. The lowest BCUT2D eigenvalue weighted by Crippen LogP contribution is -2.48. The van der Waals surface area contributed by atoms with Gasteiger partial charge in [0.1, 0.15) is 0 Å². The zero-order chi connectivity index (χ0) is 16.1. The topological polar surface area (TPSA) is 79.4 Å². The van der Waals surface area contributed by atoms with Gasteiger partial charge >= 0.3 is 6.03 Å². The fraction of sp³-hybridized carbons (Fsp3) is 0.688. The Hall–Kier alpha value is -1.89. The van der Waals surface area contributed by atoms with Crippen LogP contribution in [-0.4, -0.2) is 55.4 Å². The second-order valence-electron chi connectivity index (χ2n) is 6.47. The molecule has 7 heteroatoms. The third kappa shape index (κ3) is 3.90. The number of anilines is 1. The van der Waals surface area contributed by atoms with Gasteiger partial charge in [-0.3, -0.25) is 0 Å². The van der Waals surface area contributed by atoms with Crippen molar-refractivity contribution >= 4 is 12.0 Å². The molecule has 0 radical (unpaired) electrons. The molecule has 1 spiro atoms. The number of ether oxygens (including phenoxy) is 1. The first kappa shape index (κ1) is 16.0. The van der Waals surface area contributed by atoms with E-state index < -0.39 is 0 Å². The zero-order valence-corrected chi connectivity index (χ0v) is 13.6. The van der Waals surface area contributed by atoms with Crippen molar-refractivity contribution in [2.45, 2.75) is 31.8 Å². The minimum absolute atomic E-state index is 0.133. The van der Waals surface area contributed by atoms with Crippen molar-refractivity contribution in [3.63, 3.8) is 0 Å². The van der Waals surface area contributed by atoms with Gasteiger partial charge in [-0.15, -0.1) is 0 Å². The van der Waals surface area contributed by atoms with E-state index in [2.05, 4.69) is 25.5 Å². The van der Waals surface area contributed by atoms with Crippen LogP contribution in [0.4, 0.5) is 10.7 Å². The Morgan fingerprint density at radius 1 is 1.35 bits per heavy atom. The maximum absolute atomic E-state index is 11.2. The van der Waals surface area contributed by atoms with Gasteiger partial charge in [0.25, 0.3) is 0 Å². The van der Waals surface area contributed by atoms with Crippen molar-refractivity contribution in [3.8, 4) is 0 Å². The Kier molecular flexibility index (Phi) is 4.95. The van der Waals surface area contributed by atoms with E-state index in [0.29, 0.717) is 6.54 Å². The summed E-state index contributed by atoms with van der Waals surface area (Å²) in [4.78, 5) is 22.1. The van der Waals surface area contributed by atoms with Crippen LogP contribution in [0.1, 0.15) is 25.7 Å². The van der Waals surface area contributed by atoms with Gasteiger partial charge in [-0.25, -0.2) is 14.8 Å². The maximum atomic E-state index is 11.2. The number of rotatable bonds is 3. The summed E-state index contributed by atoms with van der Waals surface area (Å²) in [6.07, 6.45) is 8.11. The molecule has 2 fully saturated rings. The molecule has 1 atom stereocenters. The van der Waals surface area contributed by atoms with E-state index in [1.807, 2.05) is 6.07 Å². The van der Waals surface area contributed by atoms with Crippen molar-refractivity contribution in [1.82, 2.24) is 20.6 Å². The molecule has 0 aliphatic carbocycles. The lowest BCUT2D eigenvalue weighted by molar-refractivity contribution is -0.0697. The zero-order valence-electron chi connectivity index (χ0n) is 13.6. The molecule has 2 amide bonds. The summed E-state index contributed by atoms with van der Waals surface area (Å²) in [5.74, 6) is 0.826. The third-order valence-electron chi connectivity index (χ3n) is 5.00. The predicted molar refractivity (Wildman–Crippen MR) is 87.3 cm³/mol. The van der Waals surface area contributed by atoms with E-state index in [9.17, 15) is 4.79 Å². The Labute approximate surface area is 136 Å². The van der Waals surface area contributed by atoms with E-state index in [-0.39, 0.29) is 17.6 Å². The second kappa shape index (κ2) is 7.12. The Morgan fingerprint density at radius 2 is 2.09 bits per heavy atom. The van der Waals surface area contributed by atoms with Crippen molar-refractivity contribution < 1.29 is 9.53 Å². The molecule has 3 rings (SSSR count). The fourth-order valence-corrected chi connectivity index (χ4v) is 3.40. The van der Waals surface area contributed by atoms with Crippen molar-refractivity contribution in [2.24, 2.45) is 5.41 Å². The first-order valence-corrected chi connectivity index (χ1v) is 8.30. The molecule has 126 valence electrons. The van der Waals surface area contributed by atoms with Crippen LogP contribution in [0.5, 0.6) is 0 Å². The molecule has 2 N–H and O–H groups in total. The van der Waals surface area contributed by atoms with Gasteiger partial charge in [-0.2, -0.15) is 0 Å². The molecule has 0 aromatic carbocycles.